The van der Waals surface area contributed by atoms with Crippen molar-refractivity contribution in [2.24, 2.45) is 0 Å². The van der Waals surface area contributed by atoms with E-state index < -0.39 is 0 Å². The summed E-state index contributed by atoms with van der Waals surface area (Å²) < 4.78 is 11.0. The minimum atomic E-state index is -0.284. The number of hydrogen-bond acceptors (Lipinski definition) is 4. The number of nitrogens with one attached hydrogen (secondary N) is 1. The van der Waals surface area contributed by atoms with Gasteiger partial charge in [-0.3, -0.25) is 9.59 Å². The van der Waals surface area contributed by atoms with Crippen molar-refractivity contribution in [3.63, 3.8) is 0 Å². The number of carbonyl (C=O) groups is 2. The molecule has 1 heterocycles. The van der Waals surface area contributed by atoms with Crippen molar-refractivity contribution < 1.29 is 19.1 Å². The lowest BCUT2D eigenvalue weighted by Crippen LogP contribution is -2.17. The van der Waals surface area contributed by atoms with Crippen LogP contribution in [0, 0.1) is 0 Å². The first-order valence-electron chi connectivity index (χ1n) is 8.53. The number of ether oxygens (including phenoxy) is 2. The summed E-state index contributed by atoms with van der Waals surface area (Å²) in [5.41, 5.74) is 1.67. The van der Waals surface area contributed by atoms with E-state index in [1.165, 1.54) is 6.08 Å². The van der Waals surface area contributed by atoms with Gasteiger partial charge in [0.05, 0.1) is 13.5 Å². The molecular weight excluding hydrogens is 330 g/mol. The Bertz CT molecular complexity index is 797. The lowest BCUT2D eigenvalue weighted by molar-refractivity contribution is -0.120. The molecule has 26 heavy (non-hydrogen) atoms. The first-order chi connectivity index (χ1) is 12.6. The number of rotatable bonds is 6. The molecule has 1 N–H and O–H groups in total. The fraction of sp³-hybridized carbons (Fsp3) is 0.238. The molecule has 0 bridgehead atoms. The smallest absolute Gasteiger partial charge is 0.224 e. The van der Waals surface area contributed by atoms with Crippen LogP contribution in [0.15, 0.2) is 66.4 Å². The van der Waals surface area contributed by atoms with Gasteiger partial charge in [0.1, 0.15) is 17.6 Å². The van der Waals surface area contributed by atoms with E-state index in [2.05, 4.69) is 5.32 Å². The van der Waals surface area contributed by atoms with Gasteiger partial charge in [-0.1, -0.05) is 30.3 Å². The van der Waals surface area contributed by atoms with E-state index in [9.17, 15) is 9.59 Å². The van der Waals surface area contributed by atoms with E-state index in [-0.39, 0.29) is 24.2 Å². The Morgan fingerprint density at radius 2 is 1.88 bits per heavy atom. The molecule has 5 heteroatoms. The third-order valence-corrected chi connectivity index (χ3v) is 4.15. The Balaban J connectivity index is 1.54. The first kappa shape index (κ1) is 17.7. The molecule has 1 amide bonds. The highest BCUT2D eigenvalue weighted by Crippen LogP contribution is 2.30. The zero-order chi connectivity index (χ0) is 18.4. The Hall–Kier alpha value is -3.08. The highest BCUT2D eigenvalue weighted by atomic mass is 16.5. The average molecular weight is 351 g/mol. The summed E-state index contributed by atoms with van der Waals surface area (Å²) in [6, 6.07) is 16.8. The second-order valence-electron chi connectivity index (χ2n) is 6.07. The van der Waals surface area contributed by atoms with E-state index in [1.807, 2.05) is 30.3 Å². The SMILES string of the molecule is COc1ccc(NC(=O)CCC2=CC(=O)C[C@@H](c3ccccc3)O2)cc1. The maximum atomic E-state index is 12.1. The van der Waals surface area contributed by atoms with Crippen molar-refractivity contribution in [2.45, 2.75) is 25.4 Å². The number of amides is 1. The molecule has 0 aromatic heterocycles. The van der Waals surface area contributed by atoms with Crippen LogP contribution in [0.2, 0.25) is 0 Å². The minimum Gasteiger partial charge on any atom is -0.497 e. The van der Waals surface area contributed by atoms with Crippen LogP contribution in [0.3, 0.4) is 0 Å². The Labute approximate surface area is 152 Å². The average Bonchev–Trinajstić information content (AvgIpc) is 2.67. The van der Waals surface area contributed by atoms with E-state index >= 15 is 0 Å². The molecule has 0 radical (unpaired) electrons. The van der Waals surface area contributed by atoms with Gasteiger partial charge in [0.15, 0.2) is 5.78 Å². The van der Waals surface area contributed by atoms with Crippen LogP contribution in [-0.4, -0.2) is 18.8 Å². The second kappa shape index (κ2) is 8.34. The normalized spacial score (nSPS) is 16.4. The van der Waals surface area contributed by atoms with Gasteiger partial charge in [-0.05, 0) is 29.8 Å². The molecular formula is C21H21NO4. The largest absolute Gasteiger partial charge is 0.497 e. The predicted octanol–water partition coefficient (Wildman–Crippen LogP) is 4.03. The number of carbonyl (C=O) groups excluding carboxylic acids is 2. The number of benzene rings is 2. The number of ketones is 1. The Kier molecular flexibility index (Phi) is 5.69. The zero-order valence-corrected chi connectivity index (χ0v) is 14.6. The van der Waals surface area contributed by atoms with Crippen LogP contribution < -0.4 is 10.1 Å². The molecule has 0 fully saturated rings. The summed E-state index contributed by atoms with van der Waals surface area (Å²) in [6.07, 6.45) is 2.17. The van der Waals surface area contributed by atoms with Gasteiger partial charge in [-0.2, -0.15) is 0 Å². The minimum absolute atomic E-state index is 0.0238. The van der Waals surface area contributed by atoms with Gasteiger partial charge in [-0.25, -0.2) is 0 Å². The standard InChI is InChI=1S/C21H21NO4/c1-25-18-9-7-16(8-10-18)22-21(24)12-11-19-13-17(23)14-20(26-19)15-5-3-2-4-6-15/h2-10,13,20H,11-12,14H2,1H3,(H,22,24)/t20-/m0/s1. The lowest BCUT2D eigenvalue weighted by Gasteiger charge is -2.24. The Morgan fingerprint density at radius 1 is 1.15 bits per heavy atom. The second-order valence-corrected chi connectivity index (χ2v) is 6.07. The first-order valence-corrected chi connectivity index (χ1v) is 8.53. The number of hydrogen-bond donors (Lipinski definition) is 1. The summed E-state index contributed by atoms with van der Waals surface area (Å²) in [4.78, 5) is 24.1. The predicted molar refractivity (Wildman–Crippen MR) is 98.8 cm³/mol. The monoisotopic (exact) mass is 351 g/mol. The molecule has 1 aliphatic heterocycles. The van der Waals surface area contributed by atoms with Crippen molar-refractivity contribution in [3.8, 4) is 5.75 Å². The fourth-order valence-electron chi connectivity index (χ4n) is 2.80. The van der Waals surface area contributed by atoms with E-state index in [0.717, 1.165) is 11.3 Å². The highest BCUT2D eigenvalue weighted by molar-refractivity contribution is 5.92. The maximum absolute atomic E-state index is 12.1. The van der Waals surface area contributed by atoms with Gasteiger partial charge in [0.25, 0.3) is 0 Å². The van der Waals surface area contributed by atoms with Crippen LogP contribution in [0.25, 0.3) is 0 Å². The molecule has 2 aromatic carbocycles. The molecule has 3 rings (SSSR count). The van der Waals surface area contributed by atoms with Crippen molar-refractivity contribution >= 4 is 17.4 Å². The fourth-order valence-corrected chi connectivity index (χ4v) is 2.80. The molecule has 0 aliphatic carbocycles. The van der Waals surface area contributed by atoms with Gasteiger partial charge in [0, 0.05) is 24.6 Å². The summed E-state index contributed by atoms with van der Waals surface area (Å²) in [5, 5.41) is 2.82. The van der Waals surface area contributed by atoms with Crippen molar-refractivity contribution in [1.29, 1.82) is 0 Å². The third kappa shape index (κ3) is 4.72. The van der Waals surface area contributed by atoms with Gasteiger partial charge < -0.3 is 14.8 Å². The molecule has 5 nitrogen and oxygen atoms in total. The van der Waals surface area contributed by atoms with Crippen LogP contribution in [0.1, 0.15) is 30.9 Å². The third-order valence-electron chi connectivity index (χ3n) is 4.15. The topological polar surface area (TPSA) is 64.6 Å². The summed E-state index contributed by atoms with van der Waals surface area (Å²) in [5.74, 6) is 1.18. The van der Waals surface area contributed by atoms with Crippen LogP contribution in [-0.2, 0) is 14.3 Å². The van der Waals surface area contributed by atoms with Crippen LogP contribution >= 0.6 is 0 Å². The molecule has 0 saturated carbocycles. The maximum Gasteiger partial charge on any atom is 0.224 e. The van der Waals surface area contributed by atoms with Gasteiger partial charge in [0.2, 0.25) is 5.91 Å². The van der Waals surface area contributed by atoms with Crippen molar-refractivity contribution in [1.82, 2.24) is 0 Å². The molecule has 0 saturated heterocycles. The molecule has 1 aliphatic rings. The van der Waals surface area contributed by atoms with E-state index in [1.54, 1.807) is 31.4 Å². The lowest BCUT2D eigenvalue weighted by atomic mass is 10.0. The summed E-state index contributed by atoms with van der Waals surface area (Å²) in [6.45, 7) is 0. The van der Waals surface area contributed by atoms with Gasteiger partial charge >= 0.3 is 0 Å². The van der Waals surface area contributed by atoms with Crippen molar-refractivity contribution in [3.05, 3.63) is 72.0 Å². The van der Waals surface area contributed by atoms with E-state index in [4.69, 9.17) is 9.47 Å². The number of allylic oxidation sites excluding steroid dienone is 2. The van der Waals surface area contributed by atoms with Crippen LogP contribution in [0.4, 0.5) is 5.69 Å². The van der Waals surface area contributed by atoms with Crippen molar-refractivity contribution in [2.75, 3.05) is 12.4 Å². The van der Waals surface area contributed by atoms with E-state index in [0.29, 0.717) is 24.3 Å². The van der Waals surface area contributed by atoms with Crippen LogP contribution in [0.5, 0.6) is 5.75 Å². The Morgan fingerprint density at radius 3 is 2.58 bits per heavy atom. The highest BCUT2D eigenvalue weighted by Gasteiger charge is 2.23. The summed E-state index contributed by atoms with van der Waals surface area (Å²) in [7, 11) is 1.59. The number of anilines is 1. The number of methoxy groups -OCH3 is 1. The zero-order valence-electron chi connectivity index (χ0n) is 14.6. The molecule has 1 atom stereocenters. The molecule has 2 aromatic rings. The summed E-state index contributed by atoms with van der Waals surface area (Å²) >= 11 is 0. The molecule has 134 valence electrons. The quantitative estimate of drug-likeness (QED) is 0.853. The molecule has 0 unspecified atom stereocenters. The van der Waals surface area contributed by atoms with Gasteiger partial charge in [-0.15, -0.1) is 0 Å². The molecule has 0 spiro atoms.